The molecule has 38 heavy (non-hydrogen) atoms. The van der Waals surface area contributed by atoms with Crippen molar-refractivity contribution in [1.82, 2.24) is 4.90 Å². The molecule has 2 amide bonds. The number of carbonyl (C=O) groups excluding carboxylic acids is 2. The van der Waals surface area contributed by atoms with Gasteiger partial charge in [0.2, 0.25) is 17.6 Å². The minimum absolute atomic E-state index is 0.0281. The van der Waals surface area contributed by atoms with E-state index < -0.39 is 12.0 Å². The average molecular weight is 519 g/mol. The van der Waals surface area contributed by atoms with Gasteiger partial charge in [-0.05, 0) is 29.7 Å². The number of amides is 2. The largest absolute Gasteiger partial charge is 0.497 e. The van der Waals surface area contributed by atoms with E-state index in [0.717, 1.165) is 11.1 Å². The molecule has 3 aromatic carbocycles. The fraction of sp³-hybridized carbons (Fsp3) is 0.333. The molecule has 1 heterocycles. The van der Waals surface area contributed by atoms with Crippen molar-refractivity contribution in [3.8, 4) is 23.0 Å². The molecular formula is C30H34N2O6. The summed E-state index contributed by atoms with van der Waals surface area (Å²) >= 11 is 0. The second-order valence-corrected chi connectivity index (χ2v) is 9.19. The molecule has 1 saturated heterocycles. The lowest BCUT2D eigenvalue weighted by atomic mass is 9.82. The summed E-state index contributed by atoms with van der Waals surface area (Å²) in [5.74, 6) is 1.40. The van der Waals surface area contributed by atoms with Crippen LogP contribution in [0.1, 0.15) is 30.0 Å². The number of piperidine rings is 1. The van der Waals surface area contributed by atoms with E-state index in [1.807, 2.05) is 54.6 Å². The molecule has 2 atom stereocenters. The summed E-state index contributed by atoms with van der Waals surface area (Å²) in [6.07, 6.45) is 0.674. The minimum Gasteiger partial charge on any atom is -0.497 e. The Hall–Kier alpha value is -4.20. The van der Waals surface area contributed by atoms with E-state index in [4.69, 9.17) is 18.9 Å². The highest BCUT2D eigenvalue weighted by Gasteiger charge is 2.43. The van der Waals surface area contributed by atoms with Crippen LogP contribution in [0.3, 0.4) is 0 Å². The second-order valence-electron chi connectivity index (χ2n) is 9.19. The zero-order valence-corrected chi connectivity index (χ0v) is 22.5. The molecule has 8 nitrogen and oxygen atoms in total. The third kappa shape index (κ3) is 5.39. The van der Waals surface area contributed by atoms with Gasteiger partial charge in [-0.1, -0.05) is 42.5 Å². The Kier molecular flexibility index (Phi) is 8.41. The number of rotatable bonds is 9. The van der Waals surface area contributed by atoms with Crippen LogP contribution in [-0.2, 0) is 16.1 Å². The average Bonchev–Trinajstić information content (AvgIpc) is 2.96. The van der Waals surface area contributed by atoms with E-state index in [1.54, 1.807) is 36.1 Å². The van der Waals surface area contributed by atoms with Gasteiger partial charge in [-0.15, -0.1) is 0 Å². The number of ether oxygens (including phenoxy) is 4. The molecule has 4 rings (SSSR count). The molecule has 200 valence electrons. The quantitative estimate of drug-likeness (QED) is 0.403. The molecule has 0 unspecified atom stereocenters. The molecule has 0 aromatic heterocycles. The van der Waals surface area contributed by atoms with E-state index >= 15 is 0 Å². The van der Waals surface area contributed by atoms with Gasteiger partial charge in [0.25, 0.3) is 0 Å². The molecule has 0 radical (unpaired) electrons. The van der Waals surface area contributed by atoms with E-state index in [9.17, 15) is 9.59 Å². The minimum atomic E-state index is -0.546. The predicted molar refractivity (Wildman–Crippen MR) is 145 cm³/mol. The van der Waals surface area contributed by atoms with Gasteiger partial charge in [0.05, 0.1) is 46.1 Å². The van der Waals surface area contributed by atoms with Gasteiger partial charge >= 0.3 is 0 Å². The van der Waals surface area contributed by atoms with Gasteiger partial charge in [0, 0.05) is 32.1 Å². The summed E-state index contributed by atoms with van der Waals surface area (Å²) < 4.78 is 22.0. The second kappa shape index (κ2) is 11.9. The lowest BCUT2D eigenvalue weighted by molar-refractivity contribution is -0.137. The van der Waals surface area contributed by atoms with Crippen LogP contribution in [0.25, 0.3) is 0 Å². The van der Waals surface area contributed by atoms with E-state index in [2.05, 4.69) is 0 Å². The normalized spacial score (nSPS) is 17.1. The molecule has 0 bridgehead atoms. The first-order valence-electron chi connectivity index (χ1n) is 12.5. The predicted octanol–water partition coefficient (Wildman–Crippen LogP) is 4.86. The van der Waals surface area contributed by atoms with Gasteiger partial charge in [-0.2, -0.15) is 0 Å². The number of benzene rings is 3. The van der Waals surface area contributed by atoms with E-state index in [0.29, 0.717) is 41.7 Å². The van der Waals surface area contributed by atoms with Gasteiger partial charge in [0.15, 0.2) is 11.5 Å². The van der Waals surface area contributed by atoms with Crippen molar-refractivity contribution < 1.29 is 28.5 Å². The number of methoxy groups -OCH3 is 4. The van der Waals surface area contributed by atoms with Crippen LogP contribution in [0.5, 0.6) is 23.0 Å². The maximum Gasteiger partial charge on any atom is 0.228 e. The fourth-order valence-electron chi connectivity index (χ4n) is 5.06. The number of nitrogens with zero attached hydrogens (tertiary/aromatic N) is 2. The molecule has 0 spiro atoms. The first-order valence-corrected chi connectivity index (χ1v) is 12.5. The first kappa shape index (κ1) is 26.9. The molecule has 0 saturated carbocycles. The van der Waals surface area contributed by atoms with Crippen LogP contribution in [0.4, 0.5) is 5.69 Å². The maximum atomic E-state index is 13.9. The lowest BCUT2D eigenvalue weighted by Gasteiger charge is -2.42. The van der Waals surface area contributed by atoms with Crippen LogP contribution in [0.15, 0.2) is 66.7 Å². The Labute approximate surface area is 223 Å². The van der Waals surface area contributed by atoms with Crippen molar-refractivity contribution in [2.24, 2.45) is 5.92 Å². The van der Waals surface area contributed by atoms with Crippen molar-refractivity contribution in [3.63, 3.8) is 0 Å². The summed E-state index contributed by atoms with van der Waals surface area (Å²) in [6, 6.07) is 20.3. The van der Waals surface area contributed by atoms with Crippen molar-refractivity contribution in [2.45, 2.75) is 25.4 Å². The number of hydrogen-bond donors (Lipinski definition) is 0. The van der Waals surface area contributed by atoms with Crippen LogP contribution in [0, 0.1) is 5.92 Å². The van der Waals surface area contributed by atoms with Gasteiger partial charge in [0.1, 0.15) is 5.75 Å². The Balaban J connectivity index is 1.79. The van der Waals surface area contributed by atoms with Gasteiger partial charge < -0.3 is 28.7 Å². The third-order valence-electron chi connectivity index (χ3n) is 6.94. The SMILES string of the molecule is COc1ccc([C@@H]2[C@@H](C(=O)N(C)Cc3ccccc3)CCC(=O)N2c2cc(OC)c(OC)c(OC)c2)cc1. The van der Waals surface area contributed by atoms with Crippen LogP contribution < -0.4 is 23.8 Å². The Morgan fingerprint density at radius 2 is 1.53 bits per heavy atom. The first-order chi connectivity index (χ1) is 18.4. The molecule has 1 aliphatic heterocycles. The highest BCUT2D eigenvalue weighted by atomic mass is 16.5. The molecular weight excluding hydrogens is 484 g/mol. The Morgan fingerprint density at radius 1 is 0.895 bits per heavy atom. The van der Waals surface area contributed by atoms with E-state index in [-0.39, 0.29) is 18.2 Å². The smallest absolute Gasteiger partial charge is 0.228 e. The molecule has 1 fully saturated rings. The monoisotopic (exact) mass is 518 g/mol. The molecule has 0 aliphatic carbocycles. The summed E-state index contributed by atoms with van der Waals surface area (Å²) in [6.45, 7) is 0.476. The van der Waals surface area contributed by atoms with Gasteiger partial charge in [-0.25, -0.2) is 0 Å². The highest BCUT2D eigenvalue weighted by molar-refractivity contribution is 5.98. The third-order valence-corrected chi connectivity index (χ3v) is 6.94. The van der Waals surface area contributed by atoms with Gasteiger partial charge in [-0.3, -0.25) is 9.59 Å². The number of carbonyl (C=O) groups is 2. The topological polar surface area (TPSA) is 77.5 Å². The van der Waals surface area contributed by atoms with Crippen LogP contribution >= 0.6 is 0 Å². The fourth-order valence-corrected chi connectivity index (χ4v) is 5.06. The standard InChI is InChI=1S/C30H34N2O6/c1-31(19-20-9-7-6-8-10-20)30(34)24-15-16-27(33)32(28(24)21-11-13-23(35-2)14-12-21)22-17-25(36-3)29(38-5)26(18-22)37-4/h6-14,17-18,24,28H,15-16,19H2,1-5H3/t24-,28+/m0/s1. The molecule has 1 aliphatic rings. The van der Waals surface area contributed by atoms with E-state index in [1.165, 1.54) is 21.3 Å². The summed E-state index contributed by atoms with van der Waals surface area (Å²) in [5, 5.41) is 0. The van der Waals surface area contributed by atoms with Crippen molar-refractivity contribution >= 4 is 17.5 Å². The Morgan fingerprint density at radius 3 is 2.08 bits per heavy atom. The molecule has 3 aromatic rings. The van der Waals surface area contributed by atoms with Crippen molar-refractivity contribution in [1.29, 1.82) is 0 Å². The highest BCUT2D eigenvalue weighted by Crippen LogP contribution is 2.46. The zero-order valence-electron chi connectivity index (χ0n) is 22.5. The summed E-state index contributed by atoms with van der Waals surface area (Å²) in [5.41, 5.74) is 2.44. The molecule has 0 N–H and O–H groups in total. The summed E-state index contributed by atoms with van der Waals surface area (Å²) in [4.78, 5) is 30.9. The number of hydrogen-bond acceptors (Lipinski definition) is 6. The summed E-state index contributed by atoms with van der Waals surface area (Å²) in [7, 11) is 8.01. The van der Waals surface area contributed by atoms with Crippen molar-refractivity contribution in [3.05, 3.63) is 77.9 Å². The maximum absolute atomic E-state index is 13.9. The molecule has 8 heteroatoms. The van der Waals surface area contributed by atoms with Crippen LogP contribution in [-0.4, -0.2) is 52.2 Å². The zero-order chi connectivity index (χ0) is 27.2. The number of anilines is 1. The Bertz CT molecular complexity index is 1240. The van der Waals surface area contributed by atoms with Crippen LogP contribution in [0.2, 0.25) is 0 Å². The lowest BCUT2D eigenvalue weighted by Crippen LogP contribution is -2.48. The van der Waals surface area contributed by atoms with Crippen molar-refractivity contribution in [2.75, 3.05) is 40.4 Å².